The standard InChI is InChI=1S/C13H26N2OS/c1-10(9-13(2,3)4)8-12(16)15-7-5-6-11(14)17/h10H,5-9H2,1-4H3,(H2,14,17)(H,15,16). The lowest BCUT2D eigenvalue weighted by molar-refractivity contribution is -0.122. The van der Waals surface area contributed by atoms with Gasteiger partial charge in [0.05, 0.1) is 4.99 Å². The molecule has 1 amide bonds. The second-order valence-electron chi connectivity index (χ2n) is 5.99. The number of carbonyl (C=O) groups excluding carboxylic acids is 1. The van der Waals surface area contributed by atoms with Crippen LogP contribution in [0.25, 0.3) is 0 Å². The molecule has 0 rings (SSSR count). The first-order valence-electron chi connectivity index (χ1n) is 6.25. The van der Waals surface area contributed by atoms with Crippen molar-refractivity contribution >= 4 is 23.1 Å². The van der Waals surface area contributed by atoms with E-state index in [0.717, 1.165) is 12.8 Å². The monoisotopic (exact) mass is 258 g/mol. The summed E-state index contributed by atoms with van der Waals surface area (Å²) in [5.41, 5.74) is 5.66. The highest BCUT2D eigenvalue weighted by Gasteiger charge is 2.17. The molecule has 1 unspecified atom stereocenters. The van der Waals surface area contributed by atoms with Crippen molar-refractivity contribution in [2.75, 3.05) is 6.54 Å². The Hall–Kier alpha value is -0.640. The van der Waals surface area contributed by atoms with Gasteiger partial charge >= 0.3 is 0 Å². The zero-order valence-corrected chi connectivity index (χ0v) is 12.3. The quantitative estimate of drug-likeness (QED) is 0.545. The van der Waals surface area contributed by atoms with E-state index < -0.39 is 0 Å². The Balaban J connectivity index is 3.68. The minimum absolute atomic E-state index is 0.129. The third-order valence-corrected chi connectivity index (χ3v) is 2.62. The predicted molar refractivity (Wildman–Crippen MR) is 76.9 cm³/mol. The Morgan fingerprint density at radius 3 is 2.47 bits per heavy atom. The largest absolute Gasteiger partial charge is 0.393 e. The molecular weight excluding hydrogens is 232 g/mol. The molecule has 3 N–H and O–H groups in total. The van der Waals surface area contributed by atoms with Gasteiger partial charge in [-0.1, -0.05) is 39.9 Å². The van der Waals surface area contributed by atoms with Gasteiger partial charge in [0.15, 0.2) is 0 Å². The van der Waals surface area contributed by atoms with Gasteiger partial charge in [-0.25, -0.2) is 0 Å². The van der Waals surface area contributed by atoms with Crippen molar-refractivity contribution in [3.05, 3.63) is 0 Å². The van der Waals surface area contributed by atoms with Crippen LogP contribution < -0.4 is 11.1 Å². The van der Waals surface area contributed by atoms with Crippen LogP contribution in [-0.2, 0) is 4.79 Å². The van der Waals surface area contributed by atoms with E-state index in [1.165, 1.54) is 0 Å². The van der Waals surface area contributed by atoms with Crippen molar-refractivity contribution in [1.82, 2.24) is 5.32 Å². The number of nitrogens with one attached hydrogen (secondary N) is 1. The highest BCUT2D eigenvalue weighted by molar-refractivity contribution is 7.80. The van der Waals surface area contributed by atoms with Gasteiger partial charge in [0, 0.05) is 13.0 Å². The lowest BCUT2D eigenvalue weighted by atomic mass is 9.84. The average Bonchev–Trinajstić information content (AvgIpc) is 2.08. The summed E-state index contributed by atoms with van der Waals surface area (Å²) in [6.45, 7) is 9.38. The number of carbonyl (C=O) groups is 1. The van der Waals surface area contributed by atoms with Crippen LogP contribution in [0.3, 0.4) is 0 Å². The molecular formula is C13H26N2OS. The van der Waals surface area contributed by atoms with Crippen LogP contribution in [0.4, 0.5) is 0 Å². The van der Waals surface area contributed by atoms with Crippen molar-refractivity contribution in [1.29, 1.82) is 0 Å². The van der Waals surface area contributed by atoms with E-state index >= 15 is 0 Å². The molecule has 0 aliphatic heterocycles. The summed E-state index contributed by atoms with van der Waals surface area (Å²) in [5, 5.41) is 2.90. The fourth-order valence-electron chi connectivity index (χ4n) is 2.00. The van der Waals surface area contributed by atoms with Crippen molar-refractivity contribution in [3.8, 4) is 0 Å². The Labute approximate surface area is 111 Å². The average molecular weight is 258 g/mol. The lowest BCUT2D eigenvalue weighted by Gasteiger charge is -2.22. The molecule has 0 spiro atoms. The molecule has 100 valence electrons. The second kappa shape index (κ2) is 7.64. The van der Waals surface area contributed by atoms with E-state index in [9.17, 15) is 4.79 Å². The maximum atomic E-state index is 11.6. The fraction of sp³-hybridized carbons (Fsp3) is 0.846. The van der Waals surface area contributed by atoms with Crippen LogP contribution in [0.1, 0.15) is 53.4 Å². The SMILES string of the molecule is CC(CC(=O)NCCCC(N)=S)CC(C)(C)C. The Kier molecular flexibility index (Phi) is 7.35. The topological polar surface area (TPSA) is 55.1 Å². The molecule has 0 aromatic rings. The van der Waals surface area contributed by atoms with Gasteiger partial charge in [-0.3, -0.25) is 4.79 Å². The minimum atomic E-state index is 0.129. The van der Waals surface area contributed by atoms with Crippen LogP contribution in [0.15, 0.2) is 0 Å². The first-order chi connectivity index (χ1) is 7.70. The third-order valence-electron chi connectivity index (χ3n) is 2.42. The first-order valence-corrected chi connectivity index (χ1v) is 6.66. The lowest BCUT2D eigenvalue weighted by Crippen LogP contribution is -2.27. The van der Waals surface area contributed by atoms with E-state index in [-0.39, 0.29) is 11.3 Å². The fourth-order valence-corrected chi connectivity index (χ4v) is 2.14. The van der Waals surface area contributed by atoms with Gasteiger partial charge in [-0.2, -0.15) is 0 Å². The predicted octanol–water partition coefficient (Wildman–Crippen LogP) is 2.63. The minimum Gasteiger partial charge on any atom is -0.393 e. The molecule has 17 heavy (non-hydrogen) atoms. The van der Waals surface area contributed by atoms with E-state index in [4.69, 9.17) is 18.0 Å². The van der Waals surface area contributed by atoms with Crippen LogP contribution in [-0.4, -0.2) is 17.4 Å². The molecule has 0 aliphatic carbocycles. The number of hydrogen-bond acceptors (Lipinski definition) is 2. The molecule has 0 radical (unpaired) electrons. The van der Waals surface area contributed by atoms with Gasteiger partial charge in [0.2, 0.25) is 5.91 Å². The molecule has 0 aliphatic rings. The Bertz CT molecular complexity index is 259. The summed E-state index contributed by atoms with van der Waals surface area (Å²) in [6, 6.07) is 0. The second-order valence-corrected chi connectivity index (χ2v) is 6.52. The zero-order chi connectivity index (χ0) is 13.5. The van der Waals surface area contributed by atoms with Gasteiger partial charge in [-0.05, 0) is 30.6 Å². The summed E-state index contributed by atoms with van der Waals surface area (Å²) in [5.74, 6) is 0.551. The van der Waals surface area contributed by atoms with Gasteiger partial charge in [0.25, 0.3) is 0 Å². The molecule has 0 fully saturated rings. The Morgan fingerprint density at radius 1 is 1.41 bits per heavy atom. The molecule has 4 heteroatoms. The first kappa shape index (κ1) is 16.4. The molecule has 0 bridgehead atoms. The van der Waals surface area contributed by atoms with Crippen molar-refractivity contribution < 1.29 is 4.79 Å². The molecule has 0 aromatic carbocycles. The van der Waals surface area contributed by atoms with E-state index in [1.54, 1.807) is 0 Å². The number of thiocarbonyl (C=S) groups is 1. The number of hydrogen-bond donors (Lipinski definition) is 2. The van der Waals surface area contributed by atoms with Crippen LogP contribution >= 0.6 is 12.2 Å². The van der Waals surface area contributed by atoms with E-state index in [0.29, 0.717) is 30.3 Å². The van der Waals surface area contributed by atoms with Crippen LogP contribution in [0.5, 0.6) is 0 Å². The third kappa shape index (κ3) is 11.6. The van der Waals surface area contributed by atoms with Crippen molar-refractivity contribution in [3.63, 3.8) is 0 Å². The Morgan fingerprint density at radius 2 is 2.00 bits per heavy atom. The molecule has 0 heterocycles. The number of rotatable bonds is 7. The highest BCUT2D eigenvalue weighted by Crippen LogP contribution is 2.25. The molecule has 0 saturated heterocycles. The summed E-state index contributed by atoms with van der Waals surface area (Å²) in [6.07, 6.45) is 3.19. The highest BCUT2D eigenvalue weighted by atomic mass is 32.1. The van der Waals surface area contributed by atoms with Gasteiger partial charge in [-0.15, -0.1) is 0 Å². The maximum Gasteiger partial charge on any atom is 0.220 e. The summed E-state index contributed by atoms with van der Waals surface area (Å²) < 4.78 is 0. The van der Waals surface area contributed by atoms with Crippen molar-refractivity contribution in [2.45, 2.75) is 53.4 Å². The molecule has 3 nitrogen and oxygen atoms in total. The maximum absolute atomic E-state index is 11.6. The molecule has 0 aromatic heterocycles. The van der Waals surface area contributed by atoms with Gasteiger partial charge < -0.3 is 11.1 Å². The van der Waals surface area contributed by atoms with Crippen molar-refractivity contribution in [2.24, 2.45) is 17.1 Å². The normalized spacial score (nSPS) is 13.2. The van der Waals surface area contributed by atoms with Crippen LogP contribution in [0.2, 0.25) is 0 Å². The van der Waals surface area contributed by atoms with Crippen LogP contribution in [0, 0.1) is 11.3 Å². The molecule has 1 atom stereocenters. The van der Waals surface area contributed by atoms with Gasteiger partial charge in [0.1, 0.15) is 0 Å². The number of amides is 1. The smallest absolute Gasteiger partial charge is 0.220 e. The summed E-state index contributed by atoms with van der Waals surface area (Å²) in [4.78, 5) is 12.1. The van der Waals surface area contributed by atoms with E-state index in [2.05, 4.69) is 33.0 Å². The zero-order valence-electron chi connectivity index (χ0n) is 11.5. The summed E-state index contributed by atoms with van der Waals surface area (Å²) >= 11 is 4.77. The summed E-state index contributed by atoms with van der Waals surface area (Å²) in [7, 11) is 0. The molecule has 0 saturated carbocycles. The van der Waals surface area contributed by atoms with E-state index in [1.807, 2.05) is 0 Å². The number of nitrogens with two attached hydrogens (primary N) is 1.